The van der Waals surface area contributed by atoms with E-state index in [4.69, 9.17) is 14.2 Å². The minimum Gasteiger partial charge on any atom is -0.493 e. The highest BCUT2D eigenvalue weighted by molar-refractivity contribution is 5.94. The first-order valence-electron chi connectivity index (χ1n) is 7.24. The van der Waals surface area contributed by atoms with Crippen LogP contribution in [0.3, 0.4) is 0 Å². The molecule has 1 atom stereocenters. The van der Waals surface area contributed by atoms with E-state index in [9.17, 15) is 4.79 Å². The molecule has 7 nitrogen and oxygen atoms in total. The Balaban J connectivity index is 2.19. The normalized spacial score (nSPS) is 16.5. The number of H-pyrrole nitrogens is 1. The molecule has 0 fully saturated rings. The van der Waals surface area contributed by atoms with Gasteiger partial charge in [-0.3, -0.25) is 9.89 Å². The lowest BCUT2D eigenvalue weighted by Crippen LogP contribution is -2.23. The zero-order valence-corrected chi connectivity index (χ0v) is 13.5. The number of carbonyl (C=O) groups excluding carboxylic acids is 1. The molecule has 0 aliphatic carbocycles. The van der Waals surface area contributed by atoms with Gasteiger partial charge in [0.15, 0.2) is 17.3 Å². The zero-order chi connectivity index (χ0) is 16.6. The van der Waals surface area contributed by atoms with Crippen molar-refractivity contribution in [2.45, 2.75) is 19.3 Å². The second-order valence-electron chi connectivity index (χ2n) is 5.34. The number of methoxy groups -OCH3 is 3. The van der Waals surface area contributed by atoms with Gasteiger partial charge in [-0.2, -0.15) is 5.10 Å². The molecule has 1 aliphatic heterocycles. The number of aryl methyl sites for hydroxylation is 1. The fraction of sp³-hybridized carbons (Fsp3) is 0.375. The maximum Gasteiger partial charge on any atom is 0.226 e. The average Bonchev–Trinajstić information content (AvgIpc) is 2.93. The third-order valence-electron chi connectivity index (χ3n) is 4.10. The molecule has 1 aromatic carbocycles. The summed E-state index contributed by atoms with van der Waals surface area (Å²) in [7, 11) is 4.71. The molecular formula is C16H19N3O4. The van der Waals surface area contributed by atoms with Crippen molar-refractivity contribution in [3.8, 4) is 17.2 Å². The highest BCUT2D eigenvalue weighted by atomic mass is 16.5. The molecule has 23 heavy (non-hydrogen) atoms. The number of carbonyl (C=O) groups is 1. The number of fused-ring (bicyclic) bond motifs is 1. The quantitative estimate of drug-likeness (QED) is 0.903. The average molecular weight is 317 g/mol. The van der Waals surface area contributed by atoms with Crippen LogP contribution >= 0.6 is 0 Å². The van der Waals surface area contributed by atoms with Crippen molar-refractivity contribution in [1.29, 1.82) is 0 Å². The topological polar surface area (TPSA) is 85.5 Å². The van der Waals surface area contributed by atoms with Crippen LogP contribution in [0.1, 0.15) is 29.2 Å². The molecule has 2 N–H and O–H groups in total. The highest BCUT2D eigenvalue weighted by Crippen LogP contribution is 2.47. The predicted molar refractivity (Wildman–Crippen MR) is 84.5 cm³/mol. The van der Waals surface area contributed by atoms with Crippen LogP contribution in [0.5, 0.6) is 17.2 Å². The number of nitrogens with zero attached hydrogens (tertiary/aromatic N) is 1. The Kier molecular flexibility index (Phi) is 3.85. The van der Waals surface area contributed by atoms with E-state index in [2.05, 4.69) is 15.5 Å². The van der Waals surface area contributed by atoms with Gasteiger partial charge in [0.1, 0.15) is 0 Å². The number of aromatic nitrogens is 2. The number of rotatable bonds is 4. The maximum atomic E-state index is 12.0. The maximum absolute atomic E-state index is 12.0. The van der Waals surface area contributed by atoms with Crippen LogP contribution in [0.25, 0.3) is 0 Å². The largest absolute Gasteiger partial charge is 0.493 e. The molecule has 0 bridgehead atoms. The summed E-state index contributed by atoms with van der Waals surface area (Å²) in [6.45, 7) is 1.93. The Morgan fingerprint density at radius 2 is 1.87 bits per heavy atom. The van der Waals surface area contributed by atoms with Crippen LogP contribution in [0.15, 0.2) is 12.1 Å². The molecule has 2 heterocycles. The van der Waals surface area contributed by atoms with Gasteiger partial charge in [-0.15, -0.1) is 0 Å². The van der Waals surface area contributed by atoms with E-state index in [1.165, 1.54) is 0 Å². The van der Waals surface area contributed by atoms with Crippen LogP contribution in [-0.2, 0) is 4.79 Å². The molecule has 122 valence electrons. The Morgan fingerprint density at radius 3 is 2.52 bits per heavy atom. The lowest BCUT2D eigenvalue weighted by molar-refractivity contribution is -0.116. The van der Waals surface area contributed by atoms with Gasteiger partial charge in [-0.1, -0.05) is 6.07 Å². The summed E-state index contributed by atoms with van der Waals surface area (Å²) in [4.78, 5) is 12.0. The number of nitrogens with one attached hydrogen (secondary N) is 2. The smallest absolute Gasteiger partial charge is 0.226 e. The van der Waals surface area contributed by atoms with Crippen molar-refractivity contribution >= 4 is 11.7 Å². The zero-order valence-electron chi connectivity index (χ0n) is 13.5. The third-order valence-corrected chi connectivity index (χ3v) is 4.10. The van der Waals surface area contributed by atoms with Gasteiger partial charge >= 0.3 is 0 Å². The van der Waals surface area contributed by atoms with Crippen LogP contribution in [0, 0.1) is 6.92 Å². The first kappa shape index (κ1) is 15.2. The second-order valence-corrected chi connectivity index (χ2v) is 5.34. The van der Waals surface area contributed by atoms with Gasteiger partial charge in [0, 0.05) is 29.2 Å². The fourth-order valence-electron chi connectivity index (χ4n) is 3.09. The van der Waals surface area contributed by atoms with Crippen molar-refractivity contribution in [3.63, 3.8) is 0 Å². The lowest BCUT2D eigenvalue weighted by atomic mass is 9.85. The van der Waals surface area contributed by atoms with E-state index in [0.29, 0.717) is 29.5 Å². The molecule has 0 unspecified atom stereocenters. The van der Waals surface area contributed by atoms with Crippen molar-refractivity contribution in [2.24, 2.45) is 0 Å². The predicted octanol–water partition coefficient (Wildman–Crippen LogP) is 2.22. The van der Waals surface area contributed by atoms with Crippen molar-refractivity contribution in [3.05, 3.63) is 29.0 Å². The van der Waals surface area contributed by atoms with Crippen molar-refractivity contribution in [2.75, 3.05) is 26.6 Å². The molecule has 1 aliphatic rings. The summed E-state index contributed by atoms with van der Waals surface area (Å²) in [5, 5.41) is 9.88. The van der Waals surface area contributed by atoms with E-state index < -0.39 is 0 Å². The molecule has 0 saturated heterocycles. The molecule has 0 saturated carbocycles. The van der Waals surface area contributed by atoms with Gasteiger partial charge in [0.25, 0.3) is 0 Å². The minimum atomic E-state index is -0.160. The number of hydrogen-bond donors (Lipinski definition) is 2. The van der Waals surface area contributed by atoms with E-state index in [1.807, 2.05) is 19.1 Å². The monoisotopic (exact) mass is 317 g/mol. The number of aromatic amines is 1. The van der Waals surface area contributed by atoms with Gasteiger partial charge in [-0.25, -0.2) is 0 Å². The lowest BCUT2D eigenvalue weighted by Gasteiger charge is -2.25. The standard InChI is InChI=1S/C16H19N3O4/c1-8-13-10(7-12(20)17-16(13)19-18-8)9-5-6-11(21-2)15(23-4)14(9)22-3/h5-6,10H,7H2,1-4H3,(H2,17,18,19,20)/t10-/m0/s1. The Bertz CT molecular complexity index is 754. The van der Waals surface area contributed by atoms with Crippen molar-refractivity contribution < 1.29 is 19.0 Å². The Morgan fingerprint density at radius 1 is 1.13 bits per heavy atom. The molecule has 1 aromatic heterocycles. The third kappa shape index (κ3) is 2.38. The van der Waals surface area contributed by atoms with Gasteiger partial charge < -0.3 is 19.5 Å². The summed E-state index contributed by atoms with van der Waals surface area (Å²) < 4.78 is 16.3. The van der Waals surface area contributed by atoms with Gasteiger partial charge in [-0.05, 0) is 13.0 Å². The van der Waals surface area contributed by atoms with E-state index >= 15 is 0 Å². The molecule has 0 spiro atoms. The molecular weight excluding hydrogens is 298 g/mol. The minimum absolute atomic E-state index is 0.0779. The number of anilines is 1. The number of benzene rings is 1. The van der Waals surface area contributed by atoms with Crippen LogP contribution in [0.4, 0.5) is 5.82 Å². The summed E-state index contributed by atoms with van der Waals surface area (Å²) in [6.07, 6.45) is 0.319. The summed E-state index contributed by atoms with van der Waals surface area (Å²) >= 11 is 0. The summed E-state index contributed by atoms with van der Waals surface area (Å²) in [5.74, 6) is 2.00. The van der Waals surface area contributed by atoms with E-state index in [-0.39, 0.29) is 11.8 Å². The molecule has 0 radical (unpaired) electrons. The Hall–Kier alpha value is -2.70. The first-order chi connectivity index (χ1) is 11.1. The highest BCUT2D eigenvalue weighted by Gasteiger charge is 2.33. The molecule has 1 amide bonds. The molecule has 2 aromatic rings. The fourth-order valence-corrected chi connectivity index (χ4v) is 3.09. The van der Waals surface area contributed by atoms with E-state index in [1.54, 1.807) is 21.3 Å². The first-order valence-corrected chi connectivity index (χ1v) is 7.24. The molecule has 3 rings (SSSR count). The SMILES string of the molecule is COc1ccc([C@@H]2CC(=O)Nc3n[nH]c(C)c32)c(OC)c1OC. The van der Waals surface area contributed by atoms with Gasteiger partial charge in [0.2, 0.25) is 11.7 Å². The van der Waals surface area contributed by atoms with Crippen molar-refractivity contribution in [1.82, 2.24) is 10.2 Å². The van der Waals surface area contributed by atoms with Crippen LogP contribution < -0.4 is 19.5 Å². The van der Waals surface area contributed by atoms with E-state index in [0.717, 1.165) is 16.8 Å². The Labute approximate surface area is 133 Å². The number of amides is 1. The molecule has 7 heteroatoms. The summed E-state index contributed by atoms with van der Waals surface area (Å²) in [5.41, 5.74) is 2.75. The number of hydrogen-bond acceptors (Lipinski definition) is 5. The van der Waals surface area contributed by atoms with Gasteiger partial charge in [0.05, 0.1) is 21.3 Å². The second kappa shape index (κ2) is 5.83. The number of ether oxygens (including phenoxy) is 3. The summed E-state index contributed by atoms with van der Waals surface area (Å²) in [6, 6.07) is 3.72. The van der Waals surface area contributed by atoms with Crippen LogP contribution in [0.2, 0.25) is 0 Å². The van der Waals surface area contributed by atoms with Crippen LogP contribution in [-0.4, -0.2) is 37.4 Å².